The van der Waals surface area contributed by atoms with Gasteiger partial charge in [0.05, 0.1) is 0 Å². The molecule has 1 unspecified atom stereocenters. The first-order valence-electron chi connectivity index (χ1n) is 5.81. The molecule has 96 valence electrons. The van der Waals surface area contributed by atoms with Crippen LogP contribution < -0.4 is 0 Å². The summed E-state index contributed by atoms with van der Waals surface area (Å²) in [6.45, 7) is 0.681. The lowest BCUT2D eigenvalue weighted by atomic mass is 10.1. The van der Waals surface area contributed by atoms with Crippen molar-refractivity contribution in [3.8, 4) is 0 Å². The zero-order valence-corrected chi connectivity index (χ0v) is 10.9. The van der Waals surface area contributed by atoms with Crippen LogP contribution in [-0.4, -0.2) is 23.9 Å². The molecule has 2 aromatic rings. The molecule has 0 aliphatic carbocycles. The highest BCUT2D eigenvalue weighted by Crippen LogP contribution is 2.27. The van der Waals surface area contributed by atoms with E-state index < -0.39 is 5.38 Å². The lowest BCUT2D eigenvalue weighted by Crippen LogP contribution is -1.93. The van der Waals surface area contributed by atoms with Crippen molar-refractivity contribution in [1.29, 1.82) is 0 Å². The molecule has 5 heteroatoms. The maximum atomic E-state index is 6.29. The Kier molecular flexibility index (Phi) is 4.73. The van der Waals surface area contributed by atoms with Crippen molar-refractivity contribution in [1.82, 2.24) is 10.2 Å². The molecule has 0 aliphatic rings. The zero-order valence-electron chi connectivity index (χ0n) is 10.2. The smallest absolute Gasteiger partial charge is 0.238 e. The van der Waals surface area contributed by atoms with E-state index in [-0.39, 0.29) is 0 Å². The van der Waals surface area contributed by atoms with E-state index in [0.717, 1.165) is 12.0 Å². The van der Waals surface area contributed by atoms with Gasteiger partial charge in [-0.2, -0.15) is 0 Å². The average Bonchev–Trinajstić information content (AvgIpc) is 2.88. The third kappa shape index (κ3) is 3.31. The van der Waals surface area contributed by atoms with Gasteiger partial charge in [-0.05, 0) is 12.0 Å². The van der Waals surface area contributed by atoms with E-state index in [2.05, 4.69) is 10.2 Å². The van der Waals surface area contributed by atoms with Gasteiger partial charge in [0.2, 0.25) is 11.8 Å². The number of hydrogen-bond donors (Lipinski definition) is 0. The molecule has 0 saturated carbocycles. The molecule has 0 saturated heterocycles. The van der Waals surface area contributed by atoms with Gasteiger partial charge in [-0.1, -0.05) is 30.3 Å². The number of ether oxygens (including phenoxy) is 1. The SMILES string of the molecule is COCCCc1nnc(C(Cl)c2ccccc2)o1. The van der Waals surface area contributed by atoms with Crippen molar-refractivity contribution in [3.05, 3.63) is 47.7 Å². The summed E-state index contributed by atoms with van der Waals surface area (Å²) in [4.78, 5) is 0. The van der Waals surface area contributed by atoms with Crippen molar-refractivity contribution < 1.29 is 9.15 Å². The number of rotatable bonds is 6. The van der Waals surface area contributed by atoms with Gasteiger partial charge in [-0.15, -0.1) is 21.8 Å². The molecular formula is C13H15ClN2O2. The van der Waals surface area contributed by atoms with Crippen LogP contribution >= 0.6 is 11.6 Å². The van der Waals surface area contributed by atoms with Crippen LogP contribution in [0.2, 0.25) is 0 Å². The van der Waals surface area contributed by atoms with Crippen LogP contribution in [0.1, 0.15) is 29.1 Å². The van der Waals surface area contributed by atoms with Gasteiger partial charge in [0.1, 0.15) is 5.38 Å². The highest BCUT2D eigenvalue weighted by atomic mass is 35.5. The highest BCUT2D eigenvalue weighted by molar-refractivity contribution is 6.22. The monoisotopic (exact) mass is 266 g/mol. The van der Waals surface area contributed by atoms with Gasteiger partial charge < -0.3 is 9.15 Å². The number of benzene rings is 1. The number of halogens is 1. The van der Waals surface area contributed by atoms with E-state index in [0.29, 0.717) is 24.8 Å². The maximum absolute atomic E-state index is 6.29. The van der Waals surface area contributed by atoms with Crippen LogP contribution in [0, 0.1) is 0 Å². The minimum Gasteiger partial charge on any atom is -0.423 e. The van der Waals surface area contributed by atoms with E-state index in [1.54, 1.807) is 7.11 Å². The molecule has 0 amide bonds. The Labute approximate surface area is 111 Å². The van der Waals surface area contributed by atoms with Gasteiger partial charge >= 0.3 is 0 Å². The molecule has 0 radical (unpaired) electrons. The van der Waals surface area contributed by atoms with Crippen LogP contribution in [0.5, 0.6) is 0 Å². The van der Waals surface area contributed by atoms with E-state index >= 15 is 0 Å². The van der Waals surface area contributed by atoms with Crippen LogP contribution in [0.3, 0.4) is 0 Å². The molecule has 0 fully saturated rings. The third-order valence-electron chi connectivity index (χ3n) is 2.53. The molecular weight excluding hydrogens is 252 g/mol. The third-order valence-corrected chi connectivity index (χ3v) is 2.97. The molecule has 18 heavy (non-hydrogen) atoms. The topological polar surface area (TPSA) is 48.2 Å². The first-order valence-corrected chi connectivity index (χ1v) is 6.25. The number of hydrogen-bond acceptors (Lipinski definition) is 4. The molecule has 0 spiro atoms. The number of nitrogens with zero attached hydrogens (tertiary/aromatic N) is 2. The second-order valence-electron chi connectivity index (χ2n) is 3.90. The van der Waals surface area contributed by atoms with Crippen LogP contribution in [0.25, 0.3) is 0 Å². The van der Waals surface area contributed by atoms with Crippen molar-refractivity contribution in [2.45, 2.75) is 18.2 Å². The van der Waals surface area contributed by atoms with Gasteiger partial charge in [-0.3, -0.25) is 0 Å². The Morgan fingerprint density at radius 3 is 2.78 bits per heavy atom. The van der Waals surface area contributed by atoms with Gasteiger partial charge in [0.15, 0.2) is 0 Å². The van der Waals surface area contributed by atoms with Crippen molar-refractivity contribution in [2.75, 3.05) is 13.7 Å². The Bertz CT molecular complexity index is 473. The summed E-state index contributed by atoms with van der Waals surface area (Å²) in [7, 11) is 1.67. The number of aromatic nitrogens is 2. The standard InChI is InChI=1S/C13H15ClN2O2/c1-17-9-5-8-11-15-16-13(18-11)12(14)10-6-3-2-4-7-10/h2-4,6-7,12H,5,8-9H2,1H3. The largest absolute Gasteiger partial charge is 0.423 e. The molecule has 1 atom stereocenters. The minimum atomic E-state index is -0.394. The molecule has 0 aliphatic heterocycles. The number of aryl methyl sites for hydroxylation is 1. The lowest BCUT2D eigenvalue weighted by molar-refractivity contribution is 0.192. The minimum absolute atomic E-state index is 0.394. The van der Waals surface area contributed by atoms with E-state index in [9.17, 15) is 0 Å². The predicted octanol–water partition coefficient (Wildman–Crippen LogP) is 2.98. The van der Waals surface area contributed by atoms with Gasteiger partial charge in [0, 0.05) is 20.1 Å². The van der Waals surface area contributed by atoms with E-state index in [1.165, 1.54) is 0 Å². The van der Waals surface area contributed by atoms with E-state index in [4.69, 9.17) is 20.8 Å². The summed E-state index contributed by atoms with van der Waals surface area (Å²) in [5.41, 5.74) is 0.950. The van der Waals surface area contributed by atoms with Gasteiger partial charge in [-0.25, -0.2) is 0 Å². The average molecular weight is 267 g/mol. The molecule has 1 aromatic carbocycles. The second-order valence-corrected chi connectivity index (χ2v) is 4.34. The number of methoxy groups -OCH3 is 1. The Morgan fingerprint density at radius 1 is 1.28 bits per heavy atom. The fraction of sp³-hybridized carbons (Fsp3) is 0.385. The summed E-state index contributed by atoms with van der Waals surface area (Å²) >= 11 is 6.29. The molecule has 0 bridgehead atoms. The summed E-state index contributed by atoms with van der Waals surface area (Å²) in [5, 5.41) is 7.57. The Morgan fingerprint density at radius 2 is 2.06 bits per heavy atom. The van der Waals surface area contributed by atoms with Crippen molar-refractivity contribution >= 4 is 11.6 Å². The molecule has 0 N–H and O–H groups in total. The molecule has 4 nitrogen and oxygen atoms in total. The number of alkyl halides is 1. The fourth-order valence-corrected chi connectivity index (χ4v) is 1.84. The molecule has 1 heterocycles. The quantitative estimate of drug-likeness (QED) is 0.596. The van der Waals surface area contributed by atoms with Crippen molar-refractivity contribution in [3.63, 3.8) is 0 Å². The van der Waals surface area contributed by atoms with Crippen LogP contribution in [0.15, 0.2) is 34.7 Å². The predicted molar refractivity (Wildman–Crippen MR) is 68.6 cm³/mol. The zero-order chi connectivity index (χ0) is 12.8. The highest BCUT2D eigenvalue weighted by Gasteiger charge is 2.17. The van der Waals surface area contributed by atoms with Gasteiger partial charge in [0.25, 0.3) is 0 Å². The summed E-state index contributed by atoms with van der Waals surface area (Å²) in [6.07, 6.45) is 1.57. The molecule has 1 aromatic heterocycles. The normalized spacial score (nSPS) is 12.6. The summed E-state index contributed by atoms with van der Waals surface area (Å²) in [6, 6.07) is 9.68. The Hall–Kier alpha value is -1.39. The second kappa shape index (κ2) is 6.52. The van der Waals surface area contributed by atoms with Crippen molar-refractivity contribution in [2.24, 2.45) is 0 Å². The maximum Gasteiger partial charge on any atom is 0.238 e. The summed E-state index contributed by atoms with van der Waals surface area (Å²) < 4.78 is 10.5. The van der Waals surface area contributed by atoms with E-state index in [1.807, 2.05) is 30.3 Å². The lowest BCUT2D eigenvalue weighted by Gasteiger charge is -2.03. The fourth-order valence-electron chi connectivity index (χ4n) is 1.60. The van der Waals surface area contributed by atoms with Crippen LogP contribution in [0.4, 0.5) is 0 Å². The first kappa shape index (κ1) is 13.1. The molecule has 2 rings (SSSR count). The first-order chi connectivity index (χ1) is 8.81. The Balaban J connectivity index is 2.01. The van der Waals surface area contributed by atoms with Crippen LogP contribution in [-0.2, 0) is 11.2 Å². The summed E-state index contributed by atoms with van der Waals surface area (Å²) in [5.74, 6) is 1.04.